The van der Waals surface area contributed by atoms with Gasteiger partial charge in [-0.05, 0) is 83.6 Å². The molecule has 1 unspecified atom stereocenters. The van der Waals surface area contributed by atoms with Crippen molar-refractivity contribution in [2.24, 2.45) is 0 Å². The number of rotatable bonds is 17. The van der Waals surface area contributed by atoms with Gasteiger partial charge in [0.1, 0.15) is 18.5 Å². The molecule has 4 N–H and O–H groups in total. The van der Waals surface area contributed by atoms with Gasteiger partial charge < -0.3 is 34.4 Å². The first-order valence-corrected chi connectivity index (χ1v) is 25.6. The number of aromatic amines is 1. The maximum atomic E-state index is 13.1. The number of ether oxygens (including phenoxy) is 2. The van der Waals surface area contributed by atoms with Gasteiger partial charge in [-0.15, -0.1) is 0 Å². The average Bonchev–Trinajstić information content (AvgIpc) is 3.29. The molecule has 0 radical (unpaired) electrons. The second-order valence-corrected chi connectivity index (χ2v) is 23.3. The van der Waals surface area contributed by atoms with E-state index in [-0.39, 0.29) is 28.7 Å². The molecular formula is C52H60ClN5O6Si. The van der Waals surface area contributed by atoms with Crippen LogP contribution in [-0.2, 0) is 27.1 Å². The highest BCUT2D eigenvalue weighted by atomic mass is 35.5. The number of carbonyl (C=O) groups is 2. The van der Waals surface area contributed by atoms with Crippen molar-refractivity contribution in [1.82, 2.24) is 15.2 Å². The van der Waals surface area contributed by atoms with E-state index in [1.807, 2.05) is 121 Å². The summed E-state index contributed by atoms with van der Waals surface area (Å²) < 4.78 is 19.1. The zero-order valence-corrected chi connectivity index (χ0v) is 39.7. The number of carbonyl (C=O) groups excluding carboxylic acids is 2. The Bertz CT molecular complexity index is 2610. The van der Waals surface area contributed by atoms with Gasteiger partial charge in [-0.25, -0.2) is 4.79 Å². The molecule has 1 aliphatic heterocycles. The van der Waals surface area contributed by atoms with Crippen LogP contribution in [0.1, 0.15) is 62.8 Å². The molecule has 5 aromatic carbocycles. The van der Waals surface area contributed by atoms with E-state index in [0.29, 0.717) is 73.2 Å². The van der Waals surface area contributed by atoms with Gasteiger partial charge in [0, 0.05) is 56.2 Å². The molecule has 0 aliphatic carbocycles. The zero-order chi connectivity index (χ0) is 46.0. The van der Waals surface area contributed by atoms with Gasteiger partial charge in [0.15, 0.2) is 8.32 Å². The quantitative estimate of drug-likeness (QED) is 0.0665. The molecule has 0 saturated carbocycles. The van der Waals surface area contributed by atoms with Crippen LogP contribution in [0.25, 0.3) is 22.0 Å². The number of para-hydroxylation sites is 1. The first kappa shape index (κ1) is 47.2. The Balaban J connectivity index is 0.904. The Morgan fingerprint density at radius 1 is 0.831 bits per heavy atom. The van der Waals surface area contributed by atoms with Gasteiger partial charge >= 0.3 is 6.09 Å². The van der Waals surface area contributed by atoms with Crippen molar-refractivity contribution in [3.8, 4) is 16.9 Å². The number of anilines is 2. The number of hydrogen-bond acceptors (Lipinski definition) is 8. The molecule has 1 saturated heterocycles. The van der Waals surface area contributed by atoms with Crippen LogP contribution in [0.2, 0.25) is 23.2 Å². The smallest absolute Gasteiger partial charge is 0.411 e. The Morgan fingerprint density at radius 2 is 1.54 bits per heavy atom. The standard InChI is InChI=1S/C52H60ClN5O6Si/c1-52(2,3)65(4,5)64-47(41-21-24-46(50-42(41)22-25-48(59)57-50)62-35-36-14-8-6-9-15-36)34-54-33-37-20-23-45(43(53)32-37)55-49(60)28-31-58-29-26-39(27-30-58)63-51(61)56-44-19-13-12-18-40(44)38-16-10-7-11-17-38/h6-25,32,39,47,54H,26-31,33-35H2,1-5H3,(H,55,60)(H,56,61)(H,57,59). The van der Waals surface area contributed by atoms with E-state index in [1.54, 1.807) is 6.07 Å². The fourth-order valence-electron chi connectivity index (χ4n) is 7.72. The van der Waals surface area contributed by atoms with Crippen molar-refractivity contribution in [1.29, 1.82) is 0 Å². The molecule has 0 spiro atoms. The van der Waals surface area contributed by atoms with Crippen LogP contribution in [0.4, 0.5) is 16.2 Å². The normalized spacial score (nSPS) is 14.2. The SMILES string of the molecule is CC(C)(C)[Si](C)(C)OC(CNCc1ccc(NC(=O)CCN2CCC(OC(=O)Nc3ccccc3-c3ccccc3)CC2)c(Cl)c1)c1ccc(OCc2ccccc2)c2[nH]c(=O)ccc12. The van der Waals surface area contributed by atoms with E-state index < -0.39 is 14.4 Å². The summed E-state index contributed by atoms with van der Waals surface area (Å²) in [5.74, 6) is 0.477. The summed E-state index contributed by atoms with van der Waals surface area (Å²) in [5, 5.41) is 10.8. The highest BCUT2D eigenvalue weighted by Gasteiger charge is 2.40. The van der Waals surface area contributed by atoms with Gasteiger partial charge in [-0.1, -0.05) is 123 Å². The molecule has 13 heteroatoms. The lowest BCUT2D eigenvalue weighted by atomic mass is 10.0. The maximum Gasteiger partial charge on any atom is 0.411 e. The van der Waals surface area contributed by atoms with Crippen molar-refractivity contribution in [3.63, 3.8) is 0 Å². The van der Waals surface area contributed by atoms with E-state index >= 15 is 0 Å². The van der Waals surface area contributed by atoms with Crippen molar-refractivity contribution in [2.45, 2.75) is 83.5 Å². The van der Waals surface area contributed by atoms with E-state index in [0.717, 1.165) is 46.3 Å². The summed E-state index contributed by atoms with van der Waals surface area (Å²) in [5.41, 5.74) is 6.58. The summed E-state index contributed by atoms with van der Waals surface area (Å²) in [6.45, 7) is 14.6. The molecule has 2 amide bonds. The highest BCUT2D eigenvalue weighted by molar-refractivity contribution is 6.74. The number of hydrogen-bond donors (Lipinski definition) is 4. The van der Waals surface area contributed by atoms with Crippen molar-refractivity contribution >= 4 is 54.2 Å². The number of likely N-dealkylation sites (tertiary alicyclic amines) is 1. The van der Waals surface area contributed by atoms with Crippen LogP contribution >= 0.6 is 11.6 Å². The predicted octanol–water partition coefficient (Wildman–Crippen LogP) is 11.3. The molecule has 65 heavy (non-hydrogen) atoms. The van der Waals surface area contributed by atoms with E-state index in [4.69, 9.17) is 25.5 Å². The summed E-state index contributed by atoms with van der Waals surface area (Å²) >= 11 is 6.74. The van der Waals surface area contributed by atoms with Gasteiger partial charge in [0.2, 0.25) is 11.5 Å². The fourth-order valence-corrected chi connectivity index (χ4v) is 9.25. The Hall–Kier alpha value is -5.76. The monoisotopic (exact) mass is 913 g/mol. The molecule has 1 fully saturated rings. The number of pyridine rings is 1. The number of H-pyrrole nitrogens is 1. The number of aromatic nitrogens is 1. The number of nitrogens with one attached hydrogen (secondary N) is 4. The zero-order valence-electron chi connectivity index (χ0n) is 37.9. The Labute approximate surface area is 388 Å². The van der Waals surface area contributed by atoms with Gasteiger partial charge in [0.25, 0.3) is 0 Å². The number of halogens is 1. The molecule has 1 atom stereocenters. The number of piperidine rings is 1. The third-order valence-electron chi connectivity index (χ3n) is 12.4. The first-order valence-electron chi connectivity index (χ1n) is 22.4. The average molecular weight is 915 g/mol. The van der Waals surface area contributed by atoms with Crippen LogP contribution in [0, 0.1) is 0 Å². The molecule has 340 valence electrons. The third kappa shape index (κ3) is 12.7. The minimum Gasteiger partial charge on any atom is -0.487 e. The third-order valence-corrected chi connectivity index (χ3v) is 17.2. The van der Waals surface area contributed by atoms with Gasteiger partial charge in [-0.3, -0.25) is 14.9 Å². The molecule has 6 aromatic rings. The summed E-state index contributed by atoms with van der Waals surface area (Å²) in [4.78, 5) is 43.8. The molecule has 1 aromatic heterocycles. The maximum absolute atomic E-state index is 13.1. The number of benzene rings is 5. The van der Waals surface area contributed by atoms with Crippen LogP contribution < -0.4 is 26.2 Å². The summed E-state index contributed by atoms with van der Waals surface area (Å²) in [6.07, 6.45) is 0.689. The highest BCUT2D eigenvalue weighted by Crippen LogP contribution is 2.41. The number of amides is 2. The molecular weight excluding hydrogens is 854 g/mol. The van der Waals surface area contributed by atoms with Crippen LogP contribution in [0.3, 0.4) is 0 Å². The molecule has 7 rings (SSSR count). The minimum atomic E-state index is -2.26. The van der Waals surface area contributed by atoms with Crippen molar-refractivity contribution < 1.29 is 23.5 Å². The van der Waals surface area contributed by atoms with Crippen molar-refractivity contribution in [3.05, 3.63) is 159 Å². The Morgan fingerprint density at radius 3 is 2.26 bits per heavy atom. The van der Waals surface area contributed by atoms with E-state index in [9.17, 15) is 14.4 Å². The molecule has 11 nitrogen and oxygen atoms in total. The second-order valence-electron chi connectivity index (χ2n) is 18.1. The topological polar surface area (TPSA) is 134 Å². The molecule has 1 aliphatic rings. The minimum absolute atomic E-state index is 0.0371. The van der Waals surface area contributed by atoms with Gasteiger partial charge in [0.05, 0.1) is 28.0 Å². The second kappa shape index (κ2) is 21.5. The van der Waals surface area contributed by atoms with Crippen molar-refractivity contribution in [2.75, 3.05) is 36.8 Å². The fraction of sp³-hybridized carbons (Fsp3) is 0.327. The largest absolute Gasteiger partial charge is 0.487 e. The summed E-state index contributed by atoms with van der Waals surface area (Å²) in [7, 11) is -2.26. The molecule has 2 heterocycles. The van der Waals surface area contributed by atoms with Gasteiger partial charge in [-0.2, -0.15) is 0 Å². The van der Waals surface area contributed by atoms with Crippen LogP contribution in [0.15, 0.2) is 132 Å². The first-order chi connectivity index (χ1) is 31.2. The lowest BCUT2D eigenvalue weighted by molar-refractivity contribution is -0.116. The van der Waals surface area contributed by atoms with E-state index in [1.165, 1.54) is 0 Å². The lowest BCUT2D eigenvalue weighted by Crippen LogP contribution is -2.43. The number of fused-ring (bicyclic) bond motifs is 1. The summed E-state index contributed by atoms with van der Waals surface area (Å²) in [6, 6.07) is 40.6. The number of nitrogens with zero attached hydrogens (tertiary/aromatic N) is 1. The lowest BCUT2D eigenvalue weighted by Gasteiger charge is -2.39. The van der Waals surface area contributed by atoms with E-state index in [2.05, 4.69) is 59.7 Å². The van der Waals surface area contributed by atoms with Crippen LogP contribution in [0.5, 0.6) is 5.75 Å². The predicted molar refractivity (Wildman–Crippen MR) is 264 cm³/mol. The molecule has 0 bridgehead atoms. The Kier molecular flexibility index (Phi) is 15.6. The van der Waals surface area contributed by atoms with Crippen LogP contribution in [-0.4, -0.2) is 62.5 Å².